The van der Waals surface area contributed by atoms with Crippen LogP contribution in [0.5, 0.6) is 0 Å². The molecule has 0 aliphatic carbocycles. The van der Waals surface area contributed by atoms with Gasteiger partial charge in [-0.2, -0.15) is 13.2 Å². The van der Waals surface area contributed by atoms with E-state index in [9.17, 15) is 13.2 Å². The van der Waals surface area contributed by atoms with Gasteiger partial charge in [0.2, 0.25) is 0 Å². The molecule has 0 unspecified atom stereocenters. The quantitative estimate of drug-likeness (QED) is 0.870. The minimum atomic E-state index is -4.34. The molecule has 1 aromatic carbocycles. The lowest BCUT2D eigenvalue weighted by Gasteiger charge is -2.36. The van der Waals surface area contributed by atoms with Crippen molar-refractivity contribution in [3.63, 3.8) is 0 Å². The Bertz CT molecular complexity index is 447. The number of piperazine rings is 1. The van der Waals surface area contributed by atoms with Crippen molar-refractivity contribution in [3.05, 3.63) is 33.3 Å². The zero-order chi connectivity index (χ0) is 14.0. The predicted octanol–water partition coefficient (Wildman–Crippen LogP) is 3.61. The molecule has 1 heterocycles. The van der Waals surface area contributed by atoms with Crippen LogP contribution in [-0.4, -0.2) is 37.3 Å². The molecule has 19 heavy (non-hydrogen) atoms. The van der Waals surface area contributed by atoms with E-state index in [-0.39, 0.29) is 10.6 Å². The second-order valence-corrected chi connectivity index (χ2v) is 5.72. The third-order valence-electron chi connectivity index (χ3n) is 3.08. The van der Waals surface area contributed by atoms with Crippen LogP contribution in [0.3, 0.4) is 0 Å². The summed E-state index contributed by atoms with van der Waals surface area (Å²) in [5.74, 6) is 0. The van der Waals surface area contributed by atoms with Crippen LogP contribution >= 0.6 is 27.5 Å². The van der Waals surface area contributed by atoms with Gasteiger partial charge in [0.25, 0.3) is 0 Å². The van der Waals surface area contributed by atoms with Gasteiger partial charge >= 0.3 is 6.18 Å². The zero-order valence-electron chi connectivity index (χ0n) is 9.97. The van der Waals surface area contributed by atoms with E-state index in [0.717, 1.165) is 0 Å². The Morgan fingerprint density at radius 3 is 2.42 bits per heavy atom. The van der Waals surface area contributed by atoms with Crippen LogP contribution in [-0.2, 0) is 0 Å². The summed E-state index contributed by atoms with van der Waals surface area (Å²) in [6.45, 7) is 1.83. The molecule has 106 valence electrons. The standard InChI is InChI=1S/C12H13BrClF3N2/c13-8-1-2-9(10(14)7-8)11(12(15,16)17)19-5-3-18-4-6-19/h1-2,7,11,18H,3-6H2/t11-/m0/s1. The van der Waals surface area contributed by atoms with Crippen molar-refractivity contribution in [1.82, 2.24) is 10.2 Å². The van der Waals surface area contributed by atoms with Crippen LogP contribution < -0.4 is 5.32 Å². The Labute approximate surface area is 123 Å². The first-order chi connectivity index (χ1) is 8.89. The van der Waals surface area contributed by atoms with Gasteiger partial charge in [-0.25, -0.2) is 0 Å². The number of hydrogen-bond donors (Lipinski definition) is 1. The highest BCUT2D eigenvalue weighted by atomic mass is 79.9. The van der Waals surface area contributed by atoms with Crippen LogP contribution in [0.1, 0.15) is 11.6 Å². The summed E-state index contributed by atoms with van der Waals surface area (Å²) in [6.07, 6.45) is -4.34. The van der Waals surface area contributed by atoms with Crippen molar-refractivity contribution in [3.8, 4) is 0 Å². The molecule has 0 radical (unpaired) electrons. The van der Waals surface area contributed by atoms with E-state index in [1.165, 1.54) is 17.0 Å². The molecular weight excluding hydrogens is 344 g/mol. The molecule has 0 amide bonds. The topological polar surface area (TPSA) is 15.3 Å². The van der Waals surface area contributed by atoms with Gasteiger partial charge in [0.15, 0.2) is 0 Å². The lowest BCUT2D eigenvalue weighted by atomic mass is 10.0. The van der Waals surface area contributed by atoms with Crippen molar-refractivity contribution in [2.24, 2.45) is 0 Å². The van der Waals surface area contributed by atoms with Crippen LogP contribution in [0, 0.1) is 0 Å². The van der Waals surface area contributed by atoms with E-state index in [2.05, 4.69) is 21.2 Å². The van der Waals surface area contributed by atoms with Gasteiger partial charge in [-0.15, -0.1) is 0 Å². The number of hydrogen-bond acceptors (Lipinski definition) is 2. The maximum Gasteiger partial charge on any atom is 0.408 e. The third kappa shape index (κ3) is 3.62. The summed E-state index contributed by atoms with van der Waals surface area (Å²) in [5.41, 5.74) is 0.110. The minimum absolute atomic E-state index is 0.110. The van der Waals surface area contributed by atoms with Gasteiger partial charge in [-0.1, -0.05) is 33.6 Å². The van der Waals surface area contributed by atoms with Crippen LogP contribution in [0.15, 0.2) is 22.7 Å². The number of rotatable bonds is 2. The largest absolute Gasteiger partial charge is 0.408 e. The molecule has 1 saturated heterocycles. The molecule has 2 rings (SSSR count). The molecule has 0 saturated carbocycles. The van der Waals surface area contributed by atoms with Crippen LogP contribution in [0.4, 0.5) is 13.2 Å². The second-order valence-electron chi connectivity index (χ2n) is 4.40. The Morgan fingerprint density at radius 1 is 1.26 bits per heavy atom. The van der Waals surface area contributed by atoms with Crippen molar-refractivity contribution < 1.29 is 13.2 Å². The van der Waals surface area contributed by atoms with E-state index < -0.39 is 12.2 Å². The van der Waals surface area contributed by atoms with Crippen LogP contribution in [0.25, 0.3) is 0 Å². The summed E-state index contributed by atoms with van der Waals surface area (Å²) >= 11 is 9.18. The SMILES string of the molecule is FC(F)(F)[C@H](c1ccc(Br)cc1Cl)N1CCNCC1. The molecule has 0 bridgehead atoms. The van der Waals surface area contributed by atoms with Crippen molar-refractivity contribution >= 4 is 27.5 Å². The summed E-state index contributed by atoms with van der Waals surface area (Å²) in [6, 6.07) is 2.88. The first kappa shape index (κ1) is 15.1. The Balaban J connectivity index is 2.36. The molecule has 1 atom stereocenters. The fourth-order valence-electron chi connectivity index (χ4n) is 2.24. The molecule has 7 heteroatoms. The van der Waals surface area contributed by atoms with Crippen molar-refractivity contribution in [1.29, 1.82) is 0 Å². The van der Waals surface area contributed by atoms with Gasteiger partial charge in [0, 0.05) is 35.7 Å². The summed E-state index contributed by atoms with van der Waals surface area (Å²) in [5, 5.41) is 3.18. The monoisotopic (exact) mass is 356 g/mol. The summed E-state index contributed by atoms with van der Waals surface area (Å²) < 4.78 is 40.7. The molecule has 1 aromatic rings. The van der Waals surface area contributed by atoms with E-state index in [1.54, 1.807) is 6.07 Å². The normalized spacial score (nSPS) is 19.4. The number of nitrogens with zero attached hydrogens (tertiary/aromatic N) is 1. The van der Waals surface area contributed by atoms with Crippen LogP contribution in [0.2, 0.25) is 5.02 Å². The molecule has 1 aliphatic heterocycles. The lowest BCUT2D eigenvalue weighted by molar-refractivity contribution is -0.187. The molecule has 1 aliphatic rings. The summed E-state index contributed by atoms with van der Waals surface area (Å²) in [7, 11) is 0. The van der Waals surface area contributed by atoms with Crippen molar-refractivity contribution in [2.75, 3.05) is 26.2 Å². The zero-order valence-corrected chi connectivity index (χ0v) is 12.3. The first-order valence-corrected chi connectivity index (χ1v) is 7.03. The molecule has 1 fully saturated rings. The summed E-state index contributed by atoms with van der Waals surface area (Å²) in [4.78, 5) is 1.42. The van der Waals surface area contributed by atoms with Gasteiger partial charge in [0.1, 0.15) is 6.04 Å². The fourth-order valence-corrected chi connectivity index (χ4v) is 3.02. The third-order valence-corrected chi connectivity index (χ3v) is 3.90. The molecule has 0 aromatic heterocycles. The molecule has 0 spiro atoms. The number of nitrogens with one attached hydrogen (secondary N) is 1. The van der Waals surface area contributed by atoms with Crippen molar-refractivity contribution in [2.45, 2.75) is 12.2 Å². The maximum atomic E-state index is 13.3. The Hall–Kier alpha value is -0.300. The van der Waals surface area contributed by atoms with Gasteiger partial charge < -0.3 is 5.32 Å². The highest BCUT2D eigenvalue weighted by molar-refractivity contribution is 9.10. The lowest BCUT2D eigenvalue weighted by Crippen LogP contribution is -2.49. The molecule has 2 nitrogen and oxygen atoms in total. The van der Waals surface area contributed by atoms with E-state index >= 15 is 0 Å². The van der Waals surface area contributed by atoms with Gasteiger partial charge in [-0.05, 0) is 17.7 Å². The Kier molecular flexibility index (Phi) is 4.76. The smallest absolute Gasteiger partial charge is 0.314 e. The second kappa shape index (κ2) is 5.99. The van der Waals surface area contributed by atoms with E-state index in [4.69, 9.17) is 11.6 Å². The van der Waals surface area contributed by atoms with Gasteiger partial charge in [-0.3, -0.25) is 4.90 Å². The molecular formula is C12H13BrClF3N2. The number of benzene rings is 1. The first-order valence-electron chi connectivity index (χ1n) is 5.86. The maximum absolute atomic E-state index is 13.3. The average molecular weight is 358 g/mol. The number of halogens is 5. The highest BCUT2D eigenvalue weighted by Gasteiger charge is 2.45. The van der Waals surface area contributed by atoms with E-state index in [0.29, 0.717) is 30.7 Å². The molecule has 1 N–H and O–H groups in total. The fraction of sp³-hybridized carbons (Fsp3) is 0.500. The predicted molar refractivity (Wildman–Crippen MR) is 72.4 cm³/mol. The average Bonchev–Trinajstić information content (AvgIpc) is 2.32. The highest BCUT2D eigenvalue weighted by Crippen LogP contribution is 2.41. The Morgan fingerprint density at radius 2 is 1.89 bits per heavy atom. The van der Waals surface area contributed by atoms with E-state index in [1.807, 2.05) is 0 Å². The number of alkyl halides is 3. The van der Waals surface area contributed by atoms with Gasteiger partial charge in [0.05, 0.1) is 0 Å². The minimum Gasteiger partial charge on any atom is -0.314 e.